The summed E-state index contributed by atoms with van der Waals surface area (Å²) in [5, 5.41) is 16.3. The summed E-state index contributed by atoms with van der Waals surface area (Å²) in [7, 11) is 1.41. The molecule has 1 aromatic heterocycles. The van der Waals surface area contributed by atoms with Gasteiger partial charge in [0.1, 0.15) is 5.56 Å². The van der Waals surface area contributed by atoms with Gasteiger partial charge in [-0.25, -0.2) is 4.98 Å². The molecule has 3 rings (SSSR count). The molecule has 2 aromatic carbocycles. The molecule has 0 aliphatic heterocycles. The van der Waals surface area contributed by atoms with E-state index in [0.717, 1.165) is 11.3 Å². The quantitative estimate of drug-likeness (QED) is 0.366. The molecule has 0 radical (unpaired) electrons. The van der Waals surface area contributed by atoms with E-state index in [9.17, 15) is 14.9 Å². The first-order chi connectivity index (χ1) is 14.8. The Labute approximate surface area is 184 Å². The van der Waals surface area contributed by atoms with Crippen molar-refractivity contribution in [3.8, 4) is 22.8 Å². The summed E-state index contributed by atoms with van der Waals surface area (Å²) in [6, 6.07) is 10.6. The zero-order chi connectivity index (χ0) is 22.5. The Balaban J connectivity index is 1.85. The van der Waals surface area contributed by atoms with Gasteiger partial charge in [0.15, 0.2) is 16.6 Å². The first-order valence-corrected chi connectivity index (χ1v) is 10.6. The summed E-state index contributed by atoms with van der Waals surface area (Å²) in [5.74, 6) is 0.225. The number of hydrogen-bond acceptors (Lipinski definition) is 7. The minimum Gasteiger partial charge on any atom is -0.493 e. The van der Waals surface area contributed by atoms with Gasteiger partial charge in [-0.15, -0.1) is 11.3 Å². The molecule has 0 fully saturated rings. The second kappa shape index (κ2) is 9.57. The number of hydrogen-bond donors (Lipinski definition) is 1. The van der Waals surface area contributed by atoms with Crippen molar-refractivity contribution in [3.05, 3.63) is 63.0 Å². The summed E-state index contributed by atoms with van der Waals surface area (Å²) >= 11 is 1.24. The number of benzene rings is 2. The van der Waals surface area contributed by atoms with E-state index in [1.54, 1.807) is 6.92 Å². The minimum absolute atomic E-state index is 0.136. The van der Waals surface area contributed by atoms with Crippen LogP contribution >= 0.6 is 11.3 Å². The zero-order valence-corrected chi connectivity index (χ0v) is 18.5. The van der Waals surface area contributed by atoms with Crippen LogP contribution in [-0.4, -0.2) is 29.5 Å². The van der Waals surface area contributed by atoms with Gasteiger partial charge in [0.25, 0.3) is 11.6 Å². The highest BCUT2D eigenvalue weighted by atomic mass is 32.1. The molecule has 31 heavy (non-hydrogen) atoms. The Kier molecular flexibility index (Phi) is 6.86. The van der Waals surface area contributed by atoms with Crippen LogP contribution in [0, 0.1) is 10.1 Å². The topological polar surface area (TPSA) is 104 Å². The van der Waals surface area contributed by atoms with E-state index in [4.69, 9.17) is 9.47 Å². The van der Waals surface area contributed by atoms with Crippen molar-refractivity contribution in [2.45, 2.75) is 26.7 Å². The molecule has 162 valence electrons. The number of carbonyl (C=O) groups is 1. The Morgan fingerprint density at radius 3 is 2.52 bits per heavy atom. The standard InChI is InChI=1S/C22H23N3O5S/c1-5-30-20-11-18(25(27)28)16(10-19(20)29-4)21(26)24-22-23-17(12-31-22)15-8-6-14(7-9-15)13(2)3/h6-13H,5H2,1-4H3,(H,23,24,26). The summed E-state index contributed by atoms with van der Waals surface area (Å²) in [5.41, 5.74) is 2.36. The fourth-order valence-corrected chi connectivity index (χ4v) is 3.69. The molecule has 1 heterocycles. The molecular weight excluding hydrogens is 418 g/mol. The van der Waals surface area contributed by atoms with Gasteiger partial charge in [0.2, 0.25) is 0 Å². The number of carbonyl (C=O) groups excluding carboxylic acids is 1. The van der Waals surface area contributed by atoms with E-state index >= 15 is 0 Å². The number of nitrogens with zero attached hydrogens (tertiary/aromatic N) is 2. The SMILES string of the molecule is CCOc1cc([N+](=O)[O-])c(C(=O)Nc2nc(-c3ccc(C(C)C)cc3)cs2)cc1OC. The van der Waals surface area contributed by atoms with Crippen LogP contribution in [0.15, 0.2) is 41.8 Å². The molecule has 8 nitrogen and oxygen atoms in total. The van der Waals surface area contributed by atoms with E-state index in [1.165, 1.54) is 36.1 Å². The maximum atomic E-state index is 12.8. The molecule has 0 aliphatic rings. The molecule has 0 spiro atoms. The Morgan fingerprint density at radius 2 is 1.94 bits per heavy atom. The summed E-state index contributed by atoms with van der Waals surface area (Å²) in [6.07, 6.45) is 0. The summed E-state index contributed by atoms with van der Waals surface area (Å²) < 4.78 is 10.6. The molecule has 0 saturated carbocycles. The largest absolute Gasteiger partial charge is 0.493 e. The van der Waals surface area contributed by atoms with Crippen molar-refractivity contribution in [1.29, 1.82) is 0 Å². The first kappa shape index (κ1) is 22.2. The van der Waals surface area contributed by atoms with Crippen LogP contribution in [0.5, 0.6) is 11.5 Å². The second-order valence-electron chi connectivity index (χ2n) is 6.98. The van der Waals surface area contributed by atoms with Gasteiger partial charge in [-0.1, -0.05) is 38.1 Å². The van der Waals surface area contributed by atoms with Crippen LogP contribution in [0.1, 0.15) is 42.6 Å². The third-order valence-electron chi connectivity index (χ3n) is 4.62. The molecule has 1 amide bonds. The smallest absolute Gasteiger partial charge is 0.286 e. The van der Waals surface area contributed by atoms with Gasteiger partial charge in [-0.3, -0.25) is 20.2 Å². The van der Waals surface area contributed by atoms with Crippen LogP contribution in [0.3, 0.4) is 0 Å². The summed E-state index contributed by atoms with van der Waals surface area (Å²) in [6.45, 7) is 6.31. The molecule has 0 aliphatic carbocycles. The van der Waals surface area contributed by atoms with Gasteiger partial charge in [-0.05, 0) is 18.4 Å². The lowest BCUT2D eigenvalue weighted by Gasteiger charge is -2.11. The van der Waals surface area contributed by atoms with E-state index in [0.29, 0.717) is 17.7 Å². The van der Waals surface area contributed by atoms with Crippen molar-refractivity contribution < 1.29 is 19.2 Å². The molecule has 3 aromatic rings. The highest BCUT2D eigenvalue weighted by Gasteiger charge is 2.25. The molecular formula is C22H23N3O5S. The van der Waals surface area contributed by atoms with Gasteiger partial charge in [0, 0.05) is 17.0 Å². The Bertz CT molecular complexity index is 1090. The molecule has 0 atom stereocenters. The van der Waals surface area contributed by atoms with Crippen LogP contribution in [0.25, 0.3) is 11.3 Å². The van der Waals surface area contributed by atoms with E-state index in [2.05, 4.69) is 24.1 Å². The number of amides is 1. The number of nitro groups is 1. The predicted octanol–water partition coefficient (Wildman–Crippen LogP) is 5.50. The van der Waals surface area contributed by atoms with Gasteiger partial charge >= 0.3 is 0 Å². The highest BCUT2D eigenvalue weighted by Crippen LogP contribution is 2.35. The number of aromatic nitrogens is 1. The second-order valence-corrected chi connectivity index (χ2v) is 7.84. The van der Waals surface area contributed by atoms with Crippen molar-refractivity contribution in [1.82, 2.24) is 4.98 Å². The van der Waals surface area contributed by atoms with E-state index in [1.807, 2.05) is 29.6 Å². The number of ether oxygens (including phenoxy) is 2. The van der Waals surface area contributed by atoms with E-state index in [-0.39, 0.29) is 22.7 Å². The first-order valence-electron chi connectivity index (χ1n) is 9.70. The monoisotopic (exact) mass is 441 g/mol. The number of thiazole rings is 1. The lowest BCUT2D eigenvalue weighted by Crippen LogP contribution is -2.14. The van der Waals surface area contributed by atoms with Crippen LogP contribution in [0.2, 0.25) is 0 Å². The fourth-order valence-electron chi connectivity index (χ4n) is 2.98. The number of nitro benzene ring substituents is 1. The van der Waals surface area contributed by atoms with Crippen molar-refractivity contribution in [3.63, 3.8) is 0 Å². The van der Waals surface area contributed by atoms with Crippen molar-refractivity contribution in [2.75, 3.05) is 19.0 Å². The van der Waals surface area contributed by atoms with Gasteiger partial charge < -0.3 is 9.47 Å². The Morgan fingerprint density at radius 1 is 1.23 bits per heavy atom. The molecule has 1 N–H and O–H groups in total. The third-order valence-corrected chi connectivity index (χ3v) is 5.38. The Hall–Kier alpha value is -3.46. The average molecular weight is 442 g/mol. The van der Waals surface area contributed by atoms with Crippen molar-refractivity contribution in [2.24, 2.45) is 0 Å². The lowest BCUT2D eigenvalue weighted by atomic mass is 10.0. The van der Waals surface area contributed by atoms with E-state index < -0.39 is 10.8 Å². The predicted molar refractivity (Wildman–Crippen MR) is 120 cm³/mol. The molecule has 0 bridgehead atoms. The van der Waals surface area contributed by atoms with Crippen LogP contribution < -0.4 is 14.8 Å². The highest BCUT2D eigenvalue weighted by molar-refractivity contribution is 7.14. The average Bonchev–Trinajstić information content (AvgIpc) is 3.22. The van der Waals surface area contributed by atoms with Crippen molar-refractivity contribution >= 4 is 28.1 Å². The third kappa shape index (κ3) is 5.00. The minimum atomic E-state index is -0.649. The molecule has 0 saturated heterocycles. The normalized spacial score (nSPS) is 10.7. The lowest BCUT2D eigenvalue weighted by molar-refractivity contribution is -0.385. The van der Waals surface area contributed by atoms with Gasteiger partial charge in [0.05, 0.1) is 30.4 Å². The molecule has 9 heteroatoms. The van der Waals surface area contributed by atoms with Crippen LogP contribution in [-0.2, 0) is 0 Å². The number of nitrogens with one attached hydrogen (secondary N) is 1. The number of rotatable bonds is 8. The number of anilines is 1. The van der Waals surface area contributed by atoms with Gasteiger partial charge in [-0.2, -0.15) is 0 Å². The summed E-state index contributed by atoms with van der Waals surface area (Å²) in [4.78, 5) is 28.1. The number of methoxy groups -OCH3 is 1. The zero-order valence-electron chi connectivity index (χ0n) is 17.7. The van der Waals surface area contributed by atoms with Crippen LogP contribution in [0.4, 0.5) is 10.8 Å². The molecule has 0 unspecified atom stereocenters. The fraction of sp³-hybridized carbons (Fsp3) is 0.273. The maximum Gasteiger partial charge on any atom is 0.286 e. The maximum absolute atomic E-state index is 12.8.